The van der Waals surface area contributed by atoms with Crippen molar-refractivity contribution in [2.75, 3.05) is 5.33 Å². The van der Waals surface area contributed by atoms with Crippen LogP contribution in [0.15, 0.2) is 18.2 Å². The second kappa shape index (κ2) is 5.99. The summed E-state index contributed by atoms with van der Waals surface area (Å²) in [6.07, 6.45) is 4.84. The molecule has 2 rings (SSSR count). The summed E-state index contributed by atoms with van der Waals surface area (Å²) in [6.45, 7) is 0. The molecule has 0 aliphatic heterocycles. The van der Waals surface area contributed by atoms with Crippen molar-refractivity contribution in [1.82, 2.24) is 5.32 Å². The van der Waals surface area contributed by atoms with E-state index in [1.54, 1.807) is 0 Å². The van der Waals surface area contributed by atoms with Gasteiger partial charge in [-0.25, -0.2) is 8.78 Å². The van der Waals surface area contributed by atoms with Gasteiger partial charge in [0.25, 0.3) is 5.91 Å². The standard InChI is InChI=1S/C14H16BrF2NO/c15-9-14(7-2-1-3-8-14)18-13(19)12-10(16)5-4-6-11(12)17/h4-6H,1-3,7-9H2,(H,18,19). The summed E-state index contributed by atoms with van der Waals surface area (Å²) in [6, 6.07) is 3.45. The fourth-order valence-corrected chi connectivity index (χ4v) is 3.24. The summed E-state index contributed by atoms with van der Waals surface area (Å²) in [5.74, 6) is -2.31. The zero-order chi connectivity index (χ0) is 13.9. The van der Waals surface area contributed by atoms with Crippen LogP contribution < -0.4 is 5.32 Å². The Morgan fingerprint density at radius 3 is 2.32 bits per heavy atom. The van der Waals surface area contributed by atoms with E-state index in [-0.39, 0.29) is 5.54 Å². The first kappa shape index (κ1) is 14.4. The van der Waals surface area contributed by atoms with E-state index in [9.17, 15) is 13.6 Å². The van der Waals surface area contributed by atoms with E-state index >= 15 is 0 Å². The highest BCUT2D eigenvalue weighted by molar-refractivity contribution is 9.09. The molecule has 0 unspecified atom stereocenters. The van der Waals surface area contributed by atoms with Crippen molar-refractivity contribution >= 4 is 21.8 Å². The SMILES string of the molecule is O=C(NC1(CBr)CCCCC1)c1c(F)cccc1F. The molecule has 5 heteroatoms. The Bertz CT molecular complexity index is 452. The van der Waals surface area contributed by atoms with Gasteiger partial charge in [-0.2, -0.15) is 0 Å². The monoisotopic (exact) mass is 331 g/mol. The van der Waals surface area contributed by atoms with E-state index in [1.165, 1.54) is 6.07 Å². The van der Waals surface area contributed by atoms with Crippen LogP contribution in [-0.4, -0.2) is 16.8 Å². The van der Waals surface area contributed by atoms with E-state index in [2.05, 4.69) is 21.2 Å². The zero-order valence-electron chi connectivity index (χ0n) is 10.5. The van der Waals surface area contributed by atoms with Gasteiger partial charge in [-0.05, 0) is 25.0 Å². The van der Waals surface area contributed by atoms with Crippen molar-refractivity contribution < 1.29 is 13.6 Å². The number of carbonyl (C=O) groups is 1. The van der Waals surface area contributed by atoms with Gasteiger partial charge < -0.3 is 5.32 Å². The number of halogens is 3. The summed E-state index contributed by atoms with van der Waals surface area (Å²) in [5, 5.41) is 3.41. The van der Waals surface area contributed by atoms with Gasteiger partial charge in [-0.15, -0.1) is 0 Å². The Hall–Kier alpha value is -0.970. The van der Waals surface area contributed by atoms with Gasteiger partial charge in [0.1, 0.15) is 17.2 Å². The lowest BCUT2D eigenvalue weighted by molar-refractivity contribution is 0.0878. The number of amides is 1. The number of nitrogens with one attached hydrogen (secondary N) is 1. The topological polar surface area (TPSA) is 29.1 Å². The first-order chi connectivity index (χ1) is 9.08. The largest absolute Gasteiger partial charge is 0.346 e. The first-order valence-corrected chi connectivity index (χ1v) is 7.53. The lowest BCUT2D eigenvalue weighted by Crippen LogP contribution is -2.51. The zero-order valence-corrected chi connectivity index (χ0v) is 12.1. The van der Waals surface area contributed by atoms with Gasteiger partial charge in [0, 0.05) is 5.33 Å². The lowest BCUT2D eigenvalue weighted by atomic mass is 9.83. The van der Waals surface area contributed by atoms with Crippen molar-refractivity contribution in [2.24, 2.45) is 0 Å². The molecule has 1 aliphatic carbocycles. The maximum Gasteiger partial charge on any atom is 0.257 e. The molecular formula is C14H16BrF2NO. The van der Waals surface area contributed by atoms with Gasteiger partial charge >= 0.3 is 0 Å². The molecule has 1 saturated carbocycles. The smallest absolute Gasteiger partial charge is 0.257 e. The average molecular weight is 332 g/mol. The quantitative estimate of drug-likeness (QED) is 0.839. The summed E-state index contributed by atoms with van der Waals surface area (Å²) in [4.78, 5) is 12.1. The molecule has 2 nitrogen and oxygen atoms in total. The normalized spacial score (nSPS) is 18.1. The third-order valence-corrected chi connectivity index (χ3v) is 4.71. The van der Waals surface area contributed by atoms with Crippen molar-refractivity contribution in [3.05, 3.63) is 35.4 Å². The van der Waals surface area contributed by atoms with Crippen molar-refractivity contribution in [3.63, 3.8) is 0 Å². The molecule has 104 valence electrons. The molecule has 1 amide bonds. The minimum Gasteiger partial charge on any atom is -0.346 e. The Morgan fingerprint density at radius 1 is 1.21 bits per heavy atom. The number of rotatable bonds is 3. The van der Waals surface area contributed by atoms with Crippen LogP contribution in [-0.2, 0) is 0 Å². The molecule has 0 saturated heterocycles. The highest BCUT2D eigenvalue weighted by atomic mass is 79.9. The number of hydrogen-bond acceptors (Lipinski definition) is 1. The van der Waals surface area contributed by atoms with Crippen LogP contribution in [0.1, 0.15) is 42.5 Å². The molecule has 0 aromatic heterocycles. The molecule has 0 heterocycles. The molecule has 1 N–H and O–H groups in total. The Balaban J connectivity index is 2.20. The van der Waals surface area contributed by atoms with E-state index in [0.717, 1.165) is 44.2 Å². The second-order valence-electron chi connectivity index (χ2n) is 5.03. The summed E-state index contributed by atoms with van der Waals surface area (Å²) in [7, 11) is 0. The van der Waals surface area contributed by atoms with Gasteiger partial charge in [0.2, 0.25) is 0 Å². The van der Waals surface area contributed by atoms with E-state index in [4.69, 9.17) is 0 Å². The van der Waals surface area contributed by atoms with Crippen molar-refractivity contribution in [1.29, 1.82) is 0 Å². The van der Waals surface area contributed by atoms with Gasteiger partial charge in [0.05, 0.1) is 5.54 Å². The number of carbonyl (C=O) groups excluding carboxylic acids is 1. The minimum absolute atomic E-state index is 0.385. The predicted octanol–water partition coefficient (Wildman–Crippen LogP) is 3.79. The Labute approximate surface area is 119 Å². The molecule has 0 bridgehead atoms. The number of alkyl halides is 1. The van der Waals surface area contributed by atoms with Crippen LogP contribution >= 0.6 is 15.9 Å². The molecule has 0 spiro atoms. The van der Waals surface area contributed by atoms with Crippen molar-refractivity contribution in [3.8, 4) is 0 Å². The fourth-order valence-electron chi connectivity index (χ4n) is 2.54. The number of hydrogen-bond donors (Lipinski definition) is 1. The van der Waals surface area contributed by atoms with Crippen molar-refractivity contribution in [2.45, 2.75) is 37.6 Å². The summed E-state index contributed by atoms with van der Waals surface area (Å²) in [5.41, 5.74) is -0.877. The van der Waals surface area contributed by atoms with Crippen LogP contribution in [0.2, 0.25) is 0 Å². The highest BCUT2D eigenvalue weighted by Crippen LogP contribution is 2.30. The van der Waals surface area contributed by atoms with E-state index in [1.807, 2.05) is 0 Å². The van der Waals surface area contributed by atoms with Gasteiger partial charge in [-0.3, -0.25) is 4.79 Å². The average Bonchev–Trinajstić information content (AvgIpc) is 2.39. The maximum atomic E-state index is 13.6. The Kier molecular flexibility index (Phi) is 4.55. The lowest BCUT2D eigenvalue weighted by Gasteiger charge is -2.36. The van der Waals surface area contributed by atoms with Crippen LogP contribution in [0.25, 0.3) is 0 Å². The molecule has 0 radical (unpaired) electrons. The van der Waals surface area contributed by atoms with E-state index in [0.29, 0.717) is 5.33 Å². The second-order valence-corrected chi connectivity index (χ2v) is 5.59. The Morgan fingerprint density at radius 2 is 1.79 bits per heavy atom. The molecule has 1 aromatic rings. The molecule has 19 heavy (non-hydrogen) atoms. The molecule has 1 aromatic carbocycles. The van der Waals surface area contributed by atoms with Crippen LogP contribution in [0.4, 0.5) is 8.78 Å². The fraction of sp³-hybridized carbons (Fsp3) is 0.500. The molecule has 1 fully saturated rings. The summed E-state index contributed by atoms with van der Waals surface area (Å²) < 4.78 is 27.1. The number of benzene rings is 1. The first-order valence-electron chi connectivity index (χ1n) is 6.40. The van der Waals surface area contributed by atoms with Crippen LogP contribution in [0.3, 0.4) is 0 Å². The maximum absolute atomic E-state index is 13.6. The summed E-state index contributed by atoms with van der Waals surface area (Å²) >= 11 is 3.40. The van der Waals surface area contributed by atoms with Crippen LogP contribution in [0.5, 0.6) is 0 Å². The predicted molar refractivity (Wildman–Crippen MR) is 73.4 cm³/mol. The third-order valence-electron chi connectivity index (χ3n) is 3.63. The van der Waals surface area contributed by atoms with Crippen LogP contribution in [0, 0.1) is 11.6 Å². The molecular weight excluding hydrogens is 316 g/mol. The minimum atomic E-state index is -0.821. The molecule has 1 aliphatic rings. The highest BCUT2D eigenvalue weighted by Gasteiger charge is 2.33. The van der Waals surface area contributed by atoms with E-state index < -0.39 is 23.1 Å². The molecule has 0 atom stereocenters. The van der Waals surface area contributed by atoms with Gasteiger partial charge in [-0.1, -0.05) is 41.3 Å². The van der Waals surface area contributed by atoms with Gasteiger partial charge in [0.15, 0.2) is 0 Å². The third kappa shape index (κ3) is 3.14.